The summed E-state index contributed by atoms with van der Waals surface area (Å²) in [6.45, 7) is 2.83. The van der Waals surface area contributed by atoms with Crippen LogP contribution in [0.1, 0.15) is 24.0 Å². The number of nitrogens with zero attached hydrogens (tertiary/aromatic N) is 1. The van der Waals surface area contributed by atoms with Crippen LogP contribution >= 0.6 is 11.6 Å². The molecule has 20 heavy (non-hydrogen) atoms. The Labute approximate surface area is 123 Å². The number of benzene rings is 1. The average Bonchev–Trinajstić information content (AvgIpc) is 3.26. The molecule has 3 rings (SSSR count). The molecular weight excluding hydrogens is 272 g/mol. The number of aromatic nitrogens is 1. The highest BCUT2D eigenvalue weighted by atomic mass is 35.5. The lowest BCUT2D eigenvalue weighted by molar-refractivity contribution is 0.462. The van der Waals surface area contributed by atoms with Crippen molar-refractivity contribution in [2.24, 2.45) is 0 Å². The smallest absolute Gasteiger partial charge is 0.219 e. The monoisotopic (exact) mass is 288 g/mol. The summed E-state index contributed by atoms with van der Waals surface area (Å²) in [6, 6.07) is 10.2. The van der Waals surface area contributed by atoms with Gasteiger partial charge in [0.05, 0.1) is 0 Å². The van der Waals surface area contributed by atoms with Crippen molar-refractivity contribution < 1.29 is 4.74 Å². The molecule has 1 saturated carbocycles. The SMILES string of the molecule is Cc1cc(Oc2ccc(CNC3CC3)cn2)ccc1Cl. The average molecular weight is 289 g/mol. The Kier molecular flexibility index (Phi) is 3.90. The number of halogens is 1. The maximum atomic E-state index is 5.99. The van der Waals surface area contributed by atoms with E-state index in [1.807, 2.05) is 43.5 Å². The van der Waals surface area contributed by atoms with Crippen LogP contribution in [0.5, 0.6) is 11.6 Å². The summed E-state index contributed by atoms with van der Waals surface area (Å²) in [7, 11) is 0. The van der Waals surface area contributed by atoms with Crippen molar-refractivity contribution in [1.82, 2.24) is 10.3 Å². The van der Waals surface area contributed by atoms with Crippen LogP contribution in [0.3, 0.4) is 0 Å². The molecule has 104 valence electrons. The summed E-state index contributed by atoms with van der Waals surface area (Å²) >= 11 is 5.99. The third kappa shape index (κ3) is 3.50. The molecule has 1 fully saturated rings. The number of ether oxygens (including phenoxy) is 1. The van der Waals surface area contributed by atoms with Crippen molar-refractivity contribution in [3.05, 3.63) is 52.7 Å². The summed E-state index contributed by atoms with van der Waals surface area (Å²) in [4.78, 5) is 4.33. The molecule has 0 saturated heterocycles. The lowest BCUT2D eigenvalue weighted by Gasteiger charge is -2.07. The summed E-state index contributed by atoms with van der Waals surface area (Å²) in [5, 5.41) is 4.20. The minimum absolute atomic E-state index is 0.599. The van der Waals surface area contributed by atoms with Gasteiger partial charge >= 0.3 is 0 Å². The first-order chi connectivity index (χ1) is 9.70. The lowest BCUT2D eigenvalue weighted by Crippen LogP contribution is -2.15. The van der Waals surface area contributed by atoms with Crippen LogP contribution in [-0.2, 0) is 6.54 Å². The Morgan fingerprint density at radius 2 is 2.15 bits per heavy atom. The third-order valence-corrected chi connectivity index (χ3v) is 3.75. The van der Waals surface area contributed by atoms with Crippen LogP contribution < -0.4 is 10.1 Å². The quantitative estimate of drug-likeness (QED) is 0.900. The molecule has 1 aliphatic rings. The van der Waals surface area contributed by atoms with Gasteiger partial charge < -0.3 is 10.1 Å². The van der Waals surface area contributed by atoms with Gasteiger partial charge in [-0.05, 0) is 49.1 Å². The van der Waals surface area contributed by atoms with E-state index in [0.29, 0.717) is 11.9 Å². The van der Waals surface area contributed by atoms with Crippen LogP contribution in [0, 0.1) is 6.92 Å². The molecule has 0 radical (unpaired) electrons. The highest BCUT2D eigenvalue weighted by Gasteiger charge is 2.19. The zero-order valence-electron chi connectivity index (χ0n) is 11.4. The highest BCUT2D eigenvalue weighted by molar-refractivity contribution is 6.31. The number of hydrogen-bond acceptors (Lipinski definition) is 3. The first-order valence-electron chi connectivity index (χ1n) is 6.83. The van der Waals surface area contributed by atoms with Crippen molar-refractivity contribution in [2.75, 3.05) is 0 Å². The van der Waals surface area contributed by atoms with Crippen LogP contribution in [0.4, 0.5) is 0 Å². The van der Waals surface area contributed by atoms with E-state index in [4.69, 9.17) is 16.3 Å². The van der Waals surface area contributed by atoms with Crippen LogP contribution in [0.2, 0.25) is 5.02 Å². The third-order valence-electron chi connectivity index (χ3n) is 3.32. The molecule has 3 nitrogen and oxygen atoms in total. The minimum Gasteiger partial charge on any atom is -0.439 e. The number of rotatable bonds is 5. The predicted octanol–water partition coefficient (Wildman–Crippen LogP) is 4.09. The summed E-state index contributed by atoms with van der Waals surface area (Å²) in [5.74, 6) is 1.35. The second kappa shape index (κ2) is 5.81. The van der Waals surface area contributed by atoms with E-state index in [1.165, 1.54) is 18.4 Å². The van der Waals surface area contributed by atoms with E-state index < -0.39 is 0 Å². The van der Waals surface area contributed by atoms with Gasteiger partial charge in [0.1, 0.15) is 5.75 Å². The molecule has 0 unspecified atom stereocenters. The molecule has 4 heteroatoms. The minimum atomic E-state index is 0.599. The molecule has 0 spiro atoms. The second-order valence-electron chi connectivity index (χ2n) is 5.17. The largest absolute Gasteiger partial charge is 0.439 e. The molecule has 1 heterocycles. The summed E-state index contributed by atoms with van der Waals surface area (Å²) < 4.78 is 5.72. The van der Waals surface area contributed by atoms with Gasteiger partial charge in [0.15, 0.2) is 0 Å². The normalized spacial score (nSPS) is 14.3. The predicted molar refractivity (Wildman–Crippen MR) is 80.4 cm³/mol. The number of aryl methyl sites for hydroxylation is 1. The zero-order chi connectivity index (χ0) is 13.9. The molecule has 0 bridgehead atoms. The lowest BCUT2D eigenvalue weighted by atomic mass is 10.2. The van der Waals surface area contributed by atoms with Gasteiger partial charge in [-0.1, -0.05) is 17.7 Å². The maximum absolute atomic E-state index is 5.99. The fraction of sp³-hybridized carbons (Fsp3) is 0.312. The van der Waals surface area contributed by atoms with Gasteiger partial charge in [0.2, 0.25) is 5.88 Å². The Hall–Kier alpha value is -1.58. The molecule has 0 amide bonds. The van der Waals surface area contributed by atoms with E-state index in [-0.39, 0.29) is 0 Å². The van der Waals surface area contributed by atoms with Gasteiger partial charge in [-0.3, -0.25) is 0 Å². The molecular formula is C16H17ClN2O. The molecule has 1 aromatic heterocycles. The van der Waals surface area contributed by atoms with Gasteiger partial charge in [0, 0.05) is 29.9 Å². The fourth-order valence-electron chi connectivity index (χ4n) is 1.93. The molecule has 0 aliphatic heterocycles. The number of hydrogen-bond donors (Lipinski definition) is 1. The van der Waals surface area contributed by atoms with E-state index >= 15 is 0 Å². The van der Waals surface area contributed by atoms with E-state index in [9.17, 15) is 0 Å². The van der Waals surface area contributed by atoms with Crippen molar-refractivity contribution in [2.45, 2.75) is 32.4 Å². The Balaban J connectivity index is 1.62. The van der Waals surface area contributed by atoms with Crippen LogP contribution in [0.25, 0.3) is 0 Å². The fourth-order valence-corrected chi connectivity index (χ4v) is 2.04. The summed E-state index contributed by atoms with van der Waals surface area (Å²) in [5.41, 5.74) is 2.17. The van der Waals surface area contributed by atoms with Gasteiger partial charge in [-0.25, -0.2) is 4.98 Å². The van der Waals surface area contributed by atoms with Gasteiger partial charge in [0.25, 0.3) is 0 Å². The molecule has 2 aromatic rings. The topological polar surface area (TPSA) is 34.1 Å². The maximum Gasteiger partial charge on any atom is 0.219 e. The van der Waals surface area contributed by atoms with Crippen LogP contribution in [-0.4, -0.2) is 11.0 Å². The first-order valence-corrected chi connectivity index (χ1v) is 7.21. The molecule has 1 aliphatic carbocycles. The number of pyridine rings is 1. The van der Waals surface area contributed by atoms with E-state index in [1.54, 1.807) is 0 Å². The van der Waals surface area contributed by atoms with Gasteiger partial charge in [-0.2, -0.15) is 0 Å². The molecule has 1 aromatic carbocycles. The van der Waals surface area contributed by atoms with Crippen molar-refractivity contribution in [1.29, 1.82) is 0 Å². The Morgan fingerprint density at radius 1 is 1.30 bits per heavy atom. The highest BCUT2D eigenvalue weighted by Crippen LogP contribution is 2.25. The van der Waals surface area contributed by atoms with Crippen molar-refractivity contribution >= 4 is 11.6 Å². The molecule has 1 N–H and O–H groups in total. The Bertz CT molecular complexity index is 594. The van der Waals surface area contributed by atoms with Crippen molar-refractivity contribution in [3.63, 3.8) is 0 Å². The Morgan fingerprint density at radius 3 is 2.80 bits per heavy atom. The van der Waals surface area contributed by atoms with Gasteiger partial charge in [-0.15, -0.1) is 0 Å². The molecule has 0 atom stereocenters. The summed E-state index contributed by atoms with van der Waals surface area (Å²) in [6.07, 6.45) is 4.45. The zero-order valence-corrected chi connectivity index (χ0v) is 12.2. The standard InChI is InChI=1S/C16H17ClN2O/c1-11-8-14(5-6-15(11)17)20-16-7-2-12(10-19-16)9-18-13-3-4-13/h2,5-8,10,13,18H,3-4,9H2,1H3. The van der Waals surface area contributed by atoms with Crippen LogP contribution in [0.15, 0.2) is 36.5 Å². The first kappa shape index (κ1) is 13.4. The second-order valence-corrected chi connectivity index (χ2v) is 5.58. The number of nitrogens with one attached hydrogen (secondary N) is 1. The van der Waals surface area contributed by atoms with E-state index in [2.05, 4.69) is 10.3 Å². The van der Waals surface area contributed by atoms with Crippen molar-refractivity contribution in [3.8, 4) is 11.6 Å². The van der Waals surface area contributed by atoms with E-state index in [0.717, 1.165) is 22.9 Å².